The number of ether oxygens (including phenoxy) is 3. The van der Waals surface area contributed by atoms with Crippen molar-refractivity contribution in [3.8, 4) is 17.2 Å². The summed E-state index contributed by atoms with van der Waals surface area (Å²) < 4.78 is 16.0. The predicted molar refractivity (Wildman–Crippen MR) is 97.7 cm³/mol. The number of rotatable bonds is 7. The van der Waals surface area contributed by atoms with Crippen molar-refractivity contribution in [1.82, 2.24) is 15.4 Å². The minimum absolute atomic E-state index is 0.522. The Bertz CT molecular complexity index is 856. The lowest BCUT2D eigenvalue weighted by Crippen LogP contribution is -2.21. The van der Waals surface area contributed by atoms with Gasteiger partial charge in [0.15, 0.2) is 11.5 Å². The van der Waals surface area contributed by atoms with Crippen LogP contribution in [-0.4, -0.2) is 31.3 Å². The normalized spacial score (nSPS) is 10.7. The predicted octanol–water partition coefficient (Wildman–Crippen LogP) is 3.36. The van der Waals surface area contributed by atoms with Gasteiger partial charge >= 0.3 is 0 Å². The smallest absolute Gasteiger partial charge is 0.215 e. The molecule has 8 heteroatoms. The van der Waals surface area contributed by atoms with Gasteiger partial charge in [-0.3, -0.25) is 5.43 Å². The van der Waals surface area contributed by atoms with E-state index < -0.39 is 0 Å². The molecule has 0 aliphatic carbocycles. The second-order valence-electron chi connectivity index (χ2n) is 5.26. The number of methoxy groups -OCH3 is 3. The van der Waals surface area contributed by atoms with E-state index in [2.05, 4.69) is 20.8 Å². The van der Waals surface area contributed by atoms with Crippen molar-refractivity contribution < 1.29 is 14.2 Å². The minimum Gasteiger partial charge on any atom is -0.493 e. The minimum atomic E-state index is 0.522. The molecular formula is C17H19ClN4O3. The Morgan fingerprint density at radius 3 is 2.40 bits per heavy atom. The summed E-state index contributed by atoms with van der Waals surface area (Å²) in [6.07, 6.45) is 0. The van der Waals surface area contributed by atoms with Crippen LogP contribution < -0.4 is 25.1 Å². The van der Waals surface area contributed by atoms with Gasteiger partial charge in [0.1, 0.15) is 0 Å². The summed E-state index contributed by atoms with van der Waals surface area (Å²) in [6, 6.07) is 9.26. The molecule has 0 saturated heterocycles. The maximum absolute atomic E-state index is 5.98. The van der Waals surface area contributed by atoms with Crippen LogP contribution >= 0.6 is 11.6 Å². The molecule has 0 bridgehead atoms. The van der Waals surface area contributed by atoms with Crippen LogP contribution in [0.1, 0.15) is 5.56 Å². The third-order valence-electron chi connectivity index (χ3n) is 3.67. The molecule has 0 saturated carbocycles. The van der Waals surface area contributed by atoms with Gasteiger partial charge in [0.25, 0.3) is 0 Å². The molecule has 0 aliphatic rings. The number of anilines is 1. The molecule has 0 unspecified atom stereocenters. The van der Waals surface area contributed by atoms with Gasteiger partial charge in [0, 0.05) is 11.6 Å². The molecule has 25 heavy (non-hydrogen) atoms. The van der Waals surface area contributed by atoms with Gasteiger partial charge in [0.2, 0.25) is 11.7 Å². The van der Waals surface area contributed by atoms with Gasteiger partial charge in [-0.2, -0.15) is 0 Å². The SMILES string of the molecule is COc1cc(CNNc2nc3ccc(Cl)cc3[nH]2)cc(OC)c1OC. The van der Waals surface area contributed by atoms with Crippen LogP contribution in [0, 0.1) is 0 Å². The molecule has 1 heterocycles. The van der Waals surface area contributed by atoms with E-state index in [0.29, 0.717) is 34.8 Å². The largest absolute Gasteiger partial charge is 0.493 e. The van der Waals surface area contributed by atoms with Gasteiger partial charge < -0.3 is 19.2 Å². The molecule has 0 fully saturated rings. The standard InChI is InChI=1S/C17H19ClN4O3/c1-23-14-6-10(7-15(24-2)16(14)25-3)9-19-22-17-20-12-5-4-11(18)8-13(12)21-17/h4-8,19H,9H2,1-3H3,(H2,20,21,22). The molecule has 3 aromatic rings. The monoisotopic (exact) mass is 362 g/mol. The van der Waals surface area contributed by atoms with E-state index >= 15 is 0 Å². The van der Waals surface area contributed by atoms with Crippen LogP contribution in [0.5, 0.6) is 17.2 Å². The summed E-state index contributed by atoms with van der Waals surface area (Å²) in [4.78, 5) is 7.57. The number of imidazole rings is 1. The highest BCUT2D eigenvalue weighted by atomic mass is 35.5. The van der Waals surface area contributed by atoms with Crippen LogP contribution in [0.15, 0.2) is 30.3 Å². The first kappa shape index (κ1) is 17.2. The number of hydrogen-bond acceptors (Lipinski definition) is 6. The third kappa shape index (κ3) is 3.72. The van der Waals surface area contributed by atoms with Crippen molar-refractivity contribution in [2.45, 2.75) is 6.54 Å². The maximum atomic E-state index is 5.98. The summed E-state index contributed by atoms with van der Waals surface area (Å²) in [5.41, 5.74) is 8.80. The van der Waals surface area contributed by atoms with Crippen LogP contribution in [0.4, 0.5) is 5.95 Å². The van der Waals surface area contributed by atoms with Crippen molar-refractivity contribution in [3.63, 3.8) is 0 Å². The Balaban J connectivity index is 1.70. The third-order valence-corrected chi connectivity index (χ3v) is 3.90. The lowest BCUT2D eigenvalue weighted by atomic mass is 10.2. The Morgan fingerprint density at radius 1 is 1.04 bits per heavy atom. The molecule has 2 aromatic carbocycles. The Morgan fingerprint density at radius 2 is 1.76 bits per heavy atom. The van der Waals surface area contributed by atoms with Crippen molar-refractivity contribution in [2.75, 3.05) is 26.8 Å². The molecule has 0 radical (unpaired) electrons. The first-order valence-corrected chi connectivity index (χ1v) is 7.95. The van der Waals surface area contributed by atoms with E-state index in [1.165, 1.54) is 0 Å². The van der Waals surface area contributed by atoms with E-state index in [1.54, 1.807) is 27.4 Å². The lowest BCUT2D eigenvalue weighted by Gasteiger charge is -2.14. The van der Waals surface area contributed by atoms with Gasteiger partial charge in [0.05, 0.1) is 32.4 Å². The number of nitrogens with one attached hydrogen (secondary N) is 3. The zero-order valence-electron chi connectivity index (χ0n) is 14.1. The van der Waals surface area contributed by atoms with E-state index in [9.17, 15) is 0 Å². The van der Waals surface area contributed by atoms with Crippen LogP contribution in [0.25, 0.3) is 11.0 Å². The number of aromatic nitrogens is 2. The van der Waals surface area contributed by atoms with Crippen molar-refractivity contribution in [2.24, 2.45) is 0 Å². The van der Waals surface area contributed by atoms with Gasteiger partial charge in [-0.1, -0.05) is 11.6 Å². The number of hydrogen-bond donors (Lipinski definition) is 3. The fourth-order valence-electron chi connectivity index (χ4n) is 2.51. The van der Waals surface area contributed by atoms with Crippen LogP contribution in [-0.2, 0) is 6.54 Å². The number of H-pyrrole nitrogens is 1. The van der Waals surface area contributed by atoms with E-state index in [1.807, 2.05) is 24.3 Å². The van der Waals surface area contributed by atoms with Crippen LogP contribution in [0.2, 0.25) is 5.02 Å². The summed E-state index contributed by atoms with van der Waals surface area (Å²) in [7, 11) is 4.76. The molecule has 0 aliphatic heterocycles. The number of aromatic amines is 1. The topological polar surface area (TPSA) is 80.4 Å². The van der Waals surface area contributed by atoms with Gasteiger partial charge in [-0.25, -0.2) is 10.4 Å². The van der Waals surface area contributed by atoms with E-state index in [0.717, 1.165) is 16.6 Å². The highest BCUT2D eigenvalue weighted by Crippen LogP contribution is 2.38. The molecule has 0 spiro atoms. The van der Waals surface area contributed by atoms with Crippen molar-refractivity contribution in [3.05, 3.63) is 40.9 Å². The number of halogens is 1. The zero-order valence-corrected chi connectivity index (χ0v) is 14.9. The quantitative estimate of drug-likeness (QED) is 0.559. The molecule has 1 aromatic heterocycles. The van der Waals surface area contributed by atoms with E-state index in [4.69, 9.17) is 25.8 Å². The number of benzene rings is 2. The molecule has 7 nitrogen and oxygen atoms in total. The second kappa shape index (κ2) is 7.50. The number of fused-ring (bicyclic) bond motifs is 1. The number of nitrogens with zero attached hydrogens (tertiary/aromatic N) is 1. The fourth-order valence-corrected chi connectivity index (χ4v) is 2.68. The summed E-state index contributed by atoms with van der Waals surface area (Å²) in [6.45, 7) is 0.522. The maximum Gasteiger partial charge on any atom is 0.215 e. The Hall–Kier alpha value is -2.64. The molecule has 0 atom stereocenters. The van der Waals surface area contributed by atoms with Gasteiger partial charge in [-0.15, -0.1) is 0 Å². The average Bonchev–Trinajstić information content (AvgIpc) is 3.02. The Labute approximate surface area is 150 Å². The molecule has 3 rings (SSSR count). The summed E-state index contributed by atoms with van der Waals surface area (Å²) in [5, 5.41) is 0.660. The van der Waals surface area contributed by atoms with Crippen LogP contribution in [0.3, 0.4) is 0 Å². The zero-order chi connectivity index (χ0) is 17.8. The lowest BCUT2D eigenvalue weighted by molar-refractivity contribution is 0.323. The second-order valence-corrected chi connectivity index (χ2v) is 5.70. The average molecular weight is 363 g/mol. The van der Waals surface area contributed by atoms with E-state index in [-0.39, 0.29) is 0 Å². The fraction of sp³-hybridized carbons (Fsp3) is 0.235. The summed E-state index contributed by atoms with van der Waals surface area (Å²) in [5.74, 6) is 2.38. The first-order chi connectivity index (χ1) is 12.1. The first-order valence-electron chi connectivity index (χ1n) is 7.57. The van der Waals surface area contributed by atoms with Crippen molar-refractivity contribution >= 4 is 28.6 Å². The highest BCUT2D eigenvalue weighted by Gasteiger charge is 2.13. The molecular weight excluding hydrogens is 344 g/mol. The van der Waals surface area contributed by atoms with Gasteiger partial charge in [-0.05, 0) is 35.9 Å². The number of hydrazine groups is 1. The van der Waals surface area contributed by atoms with Crippen molar-refractivity contribution in [1.29, 1.82) is 0 Å². The summed E-state index contributed by atoms with van der Waals surface area (Å²) >= 11 is 5.98. The highest BCUT2D eigenvalue weighted by molar-refractivity contribution is 6.31. The molecule has 3 N–H and O–H groups in total. The molecule has 132 valence electrons. The Kier molecular flexibility index (Phi) is 5.16. The molecule has 0 amide bonds.